The molecule has 96 valence electrons. The molecular weight excluding hydrogens is 208 g/mol. The van der Waals surface area contributed by atoms with E-state index < -0.39 is 5.92 Å². The fraction of sp³-hybridized carbons (Fsp3) is 1.00. The summed E-state index contributed by atoms with van der Waals surface area (Å²) in [6.07, 6.45) is 0.0308. The van der Waals surface area contributed by atoms with Crippen LogP contribution in [0.15, 0.2) is 0 Å². The highest BCUT2D eigenvalue weighted by atomic mass is 19.3. The van der Waals surface area contributed by atoms with E-state index >= 15 is 0 Å². The van der Waals surface area contributed by atoms with Crippen LogP contribution < -0.4 is 0 Å². The Hall–Kier alpha value is -0.180. The van der Waals surface area contributed by atoms with Gasteiger partial charge in [0.25, 0.3) is 5.92 Å². The summed E-state index contributed by atoms with van der Waals surface area (Å²) in [6, 6.07) is 0. The Bertz CT molecular complexity index is 224. The minimum atomic E-state index is -2.54. The van der Waals surface area contributed by atoms with E-state index in [1.54, 1.807) is 0 Å². The molecule has 0 aliphatic carbocycles. The Morgan fingerprint density at radius 3 is 1.94 bits per heavy atom. The van der Waals surface area contributed by atoms with Crippen LogP contribution in [0.3, 0.4) is 0 Å². The molecule has 1 atom stereocenters. The van der Waals surface area contributed by atoms with E-state index in [4.69, 9.17) is 0 Å². The molecule has 16 heavy (non-hydrogen) atoms. The van der Waals surface area contributed by atoms with Crippen molar-refractivity contribution in [2.45, 2.75) is 59.4 Å². The molecule has 3 heteroatoms. The molecule has 0 N–H and O–H groups in total. The summed E-state index contributed by atoms with van der Waals surface area (Å²) in [7, 11) is 0. The topological polar surface area (TPSA) is 3.24 Å². The molecule has 1 heterocycles. The van der Waals surface area contributed by atoms with Crippen molar-refractivity contribution < 1.29 is 8.78 Å². The molecule has 0 aromatic heterocycles. The van der Waals surface area contributed by atoms with Crippen LogP contribution in [0.5, 0.6) is 0 Å². The van der Waals surface area contributed by atoms with Gasteiger partial charge in [0.05, 0.1) is 6.54 Å². The number of nitrogens with zero attached hydrogens (tertiary/aromatic N) is 1. The van der Waals surface area contributed by atoms with E-state index in [9.17, 15) is 8.78 Å². The number of piperidine rings is 1. The minimum Gasteiger partial charge on any atom is -0.292 e. The fourth-order valence-electron chi connectivity index (χ4n) is 2.19. The summed E-state index contributed by atoms with van der Waals surface area (Å²) in [4.78, 5) is 1.92. The predicted octanol–water partition coefficient (Wildman–Crippen LogP) is 3.79. The monoisotopic (exact) mass is 233 g/mol. The molecular formula is C13H25F2N. The lowest BCUT2D eigenvalue weighted by atomic mass is 9.74. The standard InChI is InChI=1S/C13H25F2N/c1-11(2,3)10-7-13(14,15)9-16(8-10)12(4,5)6/h10H,7-9H2,1-6H3. The smallest absolute Gasteiger partial charge is 0.260 e. The van der Waals surface area contributed by atoms with Crippen LogP contribution in [0, 0.1) is 11.3 Å². The highest BCUT2D eigenvalue weighted by molar-refractivity contribution is 4.93. The number of hydrogen-bond acceptors (Lipinski definition) is 1. The quantitative estimate of drug-likeness (QED) is 0.615. The third kappa shape index (κ3) is 3.41. The normalized spacial score (nSPS) is 28.1. The molecule has 0 spiro atoms. The van der Waals surface area contributed by atoms with E-state index in [0.717, 1.165) is 6.54 Å². The van der Waals surface area contributed by atoms with Crippen LogP contribution in [0.4, 0.5) is 8.78 Å². The number of likely N-dealkylation sites (tertiary alicyclic amines) is 1. The maximum absolute atomic E-state index is 13.7. The lowest BCUT2D eigenvalue weighted by Crippen LogP contribution is -2.56. The Labute approximate surface area is 98.2 Å². The first kappa shape index (κ1) is 13.9. The summed E-state index contributed by atoms with van der Waals surface area (Å²) in [5.41, 5.74) is -0.222. The molecule has 1 rings (SSSR count). The first-order valence-electron chi connectivity index (χ1n) is 6.05. The third-order valence-electron chi connectivity index (χ3n) is 3.58. The second-order valence-electron chi connectivity index (χ2n) is 7.17. The fourth-order valence-corrected chi connectivity index (χ4v) is 2.19. The molecule has 1 fully saturated rings. The largest absolute Gasteiger partial charge is 0.292 e. The van der Waals surface area contributed by atoms with Crippen molar-refractivity contribution in [3.05, 3.63) is 0 Å². The highest BCUT2D eigenvalue weighted by Crippen LogP contribution is 2.41. The first-order chi connectivity index (χ1) is 6.92. The molecule has 0 aromatic carbocycles. The van der Waals surface area contributed by atoms with E-state index in [0.29, 0.717) is 0 Å². The summed E-state index contributed by atoms with van der Waals surface area (Å²) in [5.74, 6) is -2.47. The Morgan fingerprint density at radius 1 is 1.06 bits per heavy atom. The van der Waals surface area contributed by atoms with Gasteiger partial charge in [0.15, 0.2) is 0 Å². The van der Waals surface area contributed by atoms with Crippen molar-refractivity contribution in [3.8, 4) is 0 Å². The summed E-state index contributed by atoms with van der Waals surface area (Å²) in [5, 5.41) is 0. The summed E-state index contributed by atoms with van der Waals surface area (Å²) < 4.78 is 27.4. The van der Waals surface area contributed by atoms with Crippen molar-refractivity contribution in [2.24, 2.45) is 11.3 Å². The number of halogens is 2. The van der Waals surface area contributed by atoms with Gasteiger partial charge >= 0.3 is 0 Å². The molecule has 0 saturated carbocycles. The lowest BCUT2D eigenvalue weighted by molar-refractivity contribution is -0.123. The Morgan fingerprint density at radius 2 is 1.56 bits per heavy atom. The van der Waals surface area contributed by atoms with Gasteiger partial charge in [-0.15, -0.1) is 0 Å². The van der Waals surface area contributed by atoms with Gasteiger partial charge in [-0.3, -0.25) is 4.90 Å². The van der Waals surface area contributed by atoms with Gasteiger partial charge in [0, 0.05) is 18.5 Å². The van der Waals surface area contributed by atoms with Gasteiger partial charge in [-0.1, -0.05) is 20.8 Å². The van der Waals surface area contributed by atoms with Crippen LogP contribution >= 0.6 is 0 Å². The zero-order chi connectivity index (χ0) is 12.8. The SMILES string of the molecule is CC(C)(C)C1CN(C(C)(C)C)CC(F)(F)C1. The predicted molar refractivity (Wildman–Crippen MR) is 63.8 cm³/mol. The molecule has 0 aromatic rings. The van der Waals surface area contributed by atoms with Crippen LogP contribution in [0.25, 0.3) is 0 Å². The zero-order valence-electron chi connectivity index (χ0n) is 11.4. The van der Waals surface area contributed by atoms with Crippen molar-refractivity contribution in [1.82, 2.24) is 4.90 Å². The van der Waals surface area contributed by atoms with E-state index in [-0.39, 0.29) is 29.8 Å². The lowest BCUT2D eigenvalue weighted by Gasteiger charge is -2.48. The molecule has 0 radical (unpaired) electrons. The summed E-state index contributed by atoms with van der Waals surface area (Å²) >= 11 is 0. The average molecular weight is 233 g/mol. The Balaban J connectivity index is 2.86. The molecule has 1 aliphatic rings. The van der Waals surface area contributed by atoms with Gasteiger partial charge in [0.2, 0.25) is 0 Å². The molecule has 1 nitrogen and oxygen atoms in total. The van der Waals surface area contributed by atoms with Gasteiger partial charge < -0.3 is 0 Å². The molecule has 0 bridgehead atoms. The van der Waals surface area contributed by atoms with Gasteiger partial charge in [-0.05, 0) is 32.1 Å². The van der Waals surface area contributed by atoms with Crippen LogP contribution in [-0.2, 0) is 0 Å². The molecule has 0 amide bonds. The van der Waals surface area contributed by atoms with Crippen LogP contribution in [0.1, 0.15) is 48.0 Å². The number of hydrogen-bond donors (Lipinski definition) is 0. The first-order valence-corrected chi connectivity index (χ1v) is 6.05. The zero-order valence-corrected chi connectivity index (χ0v) is 11.4. The van der Waals surface area contributed by atoms with Gasteiger partial charge in [-0.2, -0.15) is 0 Å². The molecule has 1 saturated heterocycles. The van der Waals surface area contributed by atoms with Gasteiger partial charge in [0.1, 0.15) is 0 Å². The summed E-state index contributed by atoms with van der Waals surface area (Å²) in [6.45, 7) is 12.9. The average Bonchev–Trinajstić information content (AvgIpc) is 1.97. The number of alkyl halides is 2. The second kappa shape index (κ2) is 3.94. The van der Waals surface area contributed by atoms with Crippen LogP contribution in [-0.4, -0.2) is 29.5 Å². The maximum Gasteiger partial charge on any atom is 0.260 e. The molecule has 1 aliphatic heterocycles. The highest BCUT2D eigenvalue weighted by Gasteiger charge is 2.46. The van der Waals surface area contributed by atoms with E-state index in [1.807, 2.05) is 25.7 Å². The van der Waals surface area contributed by atoms with Crippen molar-refractivity contribution in [1.29, 1.82) is 0 Å². The van der Waals surface area contributed by atoms with Crippen LogP contribution in [0.2, 0.25) is 0 Å². The number of rotatable bonds is 0. The molecule has 1 unspecified atom stereocenters. The van der Waals surface area contributed by atoms with Crippen molar-refractivity contribution >= 4 is 0 Å². The van der Waals surface area contributed by atoms with Crippen molar-refractivity contribution in [3.63, 3.8) is 0 Å². The third-order valence-corrected chi connectivity index (χ3v) is 3.58. The van der Waals surface area contributed by atoms with Crippen molar-refractivity contribution in [2.75, 3.05) is 13.1 Å². The minimum absolute atomic E-state index is 0.0308. The second-order valence-corrected chi connectivity index (χ2v) is 7.17. The van der Waals surface area contributed by atoms with E-state index in [1.165, 1.54) is 0 Å². The Kier molecular flexibility index (Phi) is 3.41. The maximum atomic E-state index is 13.7. The van der Waals surface area contributed by atoms with Gasteiger partial charge in [-0.25, -0.2) is 8.78 Å². The van der Waals surface area contributed by atoms with E-state index in [2.05, 4.69) is 20.8 Å².